The maximum absolute atomic E-state index is 2.71. The minimum atomic E-state index is 1.24. The predicted octanol–water partition coefficient (Wildman–Crippen LogP) is 9.34. The minimum Gasteiger partial charge on any atom is -0.371 e. The van der Waals surface area contributed by atoms with Crippen LogP contribution < -0.4 is 4.90 Å². The first-order chi connectivity index (χ1) is 14.3. The quantitative estimate of drug-likeness (QED) is 0.197. The molecule has 0 fully saturated rings. The summed E-state index contributed by atoms with van der Waals surface area (Å²) in [4.78, 5) is 2.71. The average Bonchev–Trinajstić information content (AvgIpc) is 2.75. The third-order valence-electron chi connectivity index (χ3n) is 6.20. The molecule has 1 aromatic rings. The predicted molar refractivity (Wildman–Crippen MR) is 133 cm³/mol. The number of anilines is 1. The first-order valence-corrected chi connectivity index (χ1v) is 13.2. The lowest BCUT2D eigenvalue weighted by atomic mass is 10.0. The van der Waals surface area contributed by atoms with E-state index in [2.05, 4.69) is 49.9 Å². The van der Waals surface area contributed by atoms with Crippen molar-refractivity contribution in [2.24, 2.45) is 0 Å². The summed E-state index contributed by atoms with van der Waals surface area (Å²) in [6.45, 7) is 9.39. The molecule has 0 unspecified atom stereocenters. The highest BCUT2D eigenvalue weighted by Crippen LogP contribution is 2.24. The van der Waals surface area contributed by atoms with Crippen LogP contribution in [-0.2, 0) is 6.42 Å². The summed E-state index contributed by atoms with van der Waals surface area (Å²) >= 11 is 0. The topological polar surface area (TPSA) is 3.24 Å². The molecule has 1 heteroatoms. The minimum absolute atomic E-state index is 1.24. The van der Waals surface area contributed by atoms with Crippen LogP contribution in [0.2, 0.25) is 0 Å². The molecule has 0 saturated carbocycles. The van der Waals surface area contributed by atoms with Gasteiger partial charge in [0.2, 0.25) is 0 Å². The van der Waals surface area contributed by atoms with Gasteiger partial charge in [0, 0.05) is 18.8 Å². The van der Waals surface area contributed by atoms with Crippen molar-refractivity contribution in [1.82, 2.24) is 0 Å². The Kier molecular flexibility index (Phi) is 17.1. The third kappa shape index (κ3) is 13.0. The Balaban J connectivity index is 2.51. The highest BCUT2D eigenvalue weighted by atomic mass is 15.1. The number of unbranched alkanes of at least 4 members (excludes halogenated alkanes) is 13. The largest absolute Gasteiger partial charge is 0.371 e. The van der Waals surface area contributed by atoms with Gasteiger partial charge in [0.15, 0.2) is 0 Å². The van der Waals surface area contributed by atoms with Gasteiger partial charge in [-0.25, -0.2) is 0 Å². The van der Waals surface area contributed by atoms with E-state index >= 15 is 0 Å². The molecule has 1 nitrogen and oxygen atoms in total. The van der Waals surface area contributed by atoms with Crippen LogP contribution in [0.4, 0.5) is 5.69 Å². The molecule has 0 aliphatic heterocycles. The van der Waals surface area contributed by atoms with Gasteiger partial charge in [0.05, 0.1) is 0 Å². The van der Waals surface area contributed by atoms with Crippen molar-refractivity contribution in [2.45, 2.75) is 130 Å². The Bertz CT molecular complexity index is 455. The molecule has 0 bridgehead atoms. The molecule has 1 aromatic carbocycles. The van der Waals surface area contributed by atoms with E-state index in [4.69, 9.17) is 0 Å². The molecule has 0 heterocycles. The number of nitrogens with zero attached hydrogens (tertiary/aromatic N) is 1. The summed E-state index contributed by atoms with van der Waals surface area (Å²) in [7, 11) is 0. The Morgan fingerprint density at radius 3 is 1.52 bits per heavy atom. The average molecular weight is 402 g/mol. The number of hydrogen-bond acceptors (Lipinski definition) is 1. The van der Waals surface area contributed by atoms with Crippen molar-refractivity contribution >= 4 is 5.69 Å². The summed E-state index contributed by atoms with van der Waals surface area (Å²) in [6, 6.07) is 9.27. The fourth-order valence-corrected chi connectivity index (χ4v) is 4.29. The molecule has 0 atom stereocenters. The van der Waals surface area contributed by atoms with Crippen molar-refractivity contribution in [1.29, 1.82) is 0 Å². The fourth-order valence-electron chi connectivity index (χ4n) is 4.29. The third-order valence-corrected chi connectivity index (χ3v) is 6.20. The zero-order valence-electron chi connectivity index (χ0n) is 20.2. The van der Waals surface area contributed by atoms with Crippen LogP contribution in [0.25, 0.3) is 0 Å². The van der Waals surface area contributed by atoms with Gasteiger partial charge in [-0.15, -0.1) is 0 Å². The molecule has 0 aliphatic rings. The van der Waals surface area contributed by atoms with E-state index in [-0.39, 0.29) is 0 Å². The maximum atomic E-state index is 2.71. The van der Waals surface area contributed by atoms with Gasteiger partial charge in [-0.05, 0) is 37.3 Å². The molecule has 0 N–H and O–H groups in total. The molecular formula is C28H51N. The molecule has 1 rings (SSSR count). The highest BCUT2D eigenvalue weighted by molar-refractivity contribution is 5.53. The van der Waals surface area contributed by atoms with E-state index in [1.165, 1.54) is 128 Å². The second-order valence-electron chi connectivity index (χ2n) is 8.96. The van der Waals surface area contributed by atoms with Crippen molar-refractivity contribution < 1.29 is 0 Å². The summed E-state index contributed by atoms with van der Waals surface area (Å²) in [5.74, 6) is 0. The molecule has 0 amide bonds. The number of para-hydroxylation sites is 1. The Hall–Kier alpha value is -0.980. The Labute approximate surface area is 183 Å². The fraction of sp³-hybridized carbons (Fsp3) is 0.786. The summed E-state index contributed by atoms with van der Waals surface area (Å²) < 4.78 is 0. The molecular weight excluding hydrogens is 350 g/mol. The zero-order chi connectivity index (χ0) is 21.0. The molecule has 0 aromatic heterocycles. The second-order valence-corrected chi connectivity index (χ2v) is 8.96. The van der Waals surface area contributed by atoms with Crippen LogP contribution in [0.3, 0.4) is 0 Å². The summed E-state index contributed by atoms with van der Waals surface area (Å²) in [5, 5.41) is 0. The van der Waals surface area contributed by atoms with Crippen molar-refractivity contribution in [3.8, 4) is 0 Å². The van der Waals surface area contributed by atoms with Crippen LogP contribution in [-0.4, -0.2) is 13.1 Å². The lowest BCUT2D eigenvalue weighted by molar-refractivity contribution is 0.574. The molecule has 0 radical (unpaired) electrons. The lowest BCUT2D eigenvalue weighted by Gasteiger charge is -2.27. The van der Waals surface area contributed by atoms with Crippen LogP contribution in [0.15, 0.2) is 24.3 Å². The van der Waals surface area contributed by atoms with E-state index in [0.717, 1.165) is 0 Å². The van der Waals surface area contributed by atoms with Gasteiger partial charge in [-0.2, -0.15) is 0 Å². The molecule has 0 aliphatic carbocycles. The molecule has 29 heavy (non-hydrogen) atoms. The van der Waals surface area contributed by atoms with Crippen LogP contribution in [0.5, 0.6) is 0 Å². The number of benzene rings is 1. The van der Waals surface area contributed by atoms with Gasteiger partial charge < -0.3 is 4.90 Å². The van der Waals surface area contributed by atoms with Crippen LogP contribution in [0, 0.1) is 0 Å². The first kappa shape index (κ1) is 26.1. The van der Waals surface area contributed by atoms with Crippen molar-refractivity contribution in [2.75, 3.05) is 18.0 Å². The normalized spacial score (nSPS) is 11.1. The first-order valence-electron chi connectivity index (χ1n) is 13.2. The standard InChI is InChI=1S/C28H51N/c1-4-7-10-13-14-15-16-17-22-27-23-18-19-24-28(27)29(25-20-11-8-5-2)26-21-12-9-6-3/h18-19,23-24H,4-17,20-22,25-26H2,1-3H3. The Morgan fingerprint density at radius 2 is 0.966 bits per heavy atom. The van der Waals surface area contributed by atoms with E-state index < -0.39 is 0 Å². The SMILES string of the molecule is CCCCCCCCCCc1ccccc1N(CCCCCC)CCCCCC. The second kappa shape index (κ2) is 19.0. The molecule has 0 spiro atoms. The van der Waals surface area contributed by atoms with Gasteiger partial charge in [0.1, 0.15) is 0 Å². The van der Waals surface area contributed by atoms with Gasteiger partial charge in [0.25, 0.3) is 0 Å². The smallest absolute Gasteiger partial charge is 0.0398 e. The van der Waals surface area contributed by atoms with Crippen molar-refractivity contribution in [3.05, 3.63) is 29.8 Å². The van der Waals surface area contributed by atoms with E-state index in [1.807, 2.05) is 0 Å². The van der Waals surface area contributed by atoms with E-state index in [9.17, 15) is 0 Å². The number of rotatable bonds is 20. The van der Waals surface area contributed by atoms with Crippen LogP contribution in [0.1, 0.15) is 129 Å². The number of aryl methyl sites for hydroxylation is 1. The van der Waals surface area contributed by atoms with Gasteiger partial charge >= 0.3 is 0 Å². The summed E-state index contributed by atoms with van der Waals surface area (Å²) in [6.07, 6.45) is 23.3. The highest BCUT2D eigenvalue weighted by Gasteiger charge is 2.10. The Morgan fingerprint density at radius 1 is 0.517 bits per heavy atom. The van der Waals surface area contributed by atoms with Gasteiger partial charge in [-0.3, -0.25) is 0 Å². The lowest BCUT2D eigenvalue weighted by Crippen LogP contribution is -2.26. The maximum Gasteiger partial charge on any atom is 0.0398 e. The van der Waals surface area contributed by atoms with E-state index in [0.29, 0.717) is 0 Å². The molecule has 0 saturated heterocycles. The number of hydrogen-bond donors (Lipinski definition) is 0. The summed E-state index contributed by atoms with van der Waals surface area (Å²) in [5.41, 5.74) is 3.12. The van der Waals surface area contributed by atoms with Gasteiger partial charge in [-0.1, -0.05) is 122 Å². The van der Waals surface area contributed by atoms with E-state index in [1.54, 1.807) is 5.56 Å². The monoisotopic (exact) mass is 401 g/mol. The van der Waals surface area contributed by atoms with Crippen LogP contribution >= 0.6 is 0 Å². The molecule has 168 valence electrons. The van der Waals surface area contributed by atoms with Crippen molar-refractivity contribution in [3.63, 3.8) is 0 Å². The zero-order valence-corrected chi connectivity index (χ0v) is 20.2.